The van der Waals surface area contributed by atoms with E-state index in [2.05, 4.69) is 5.32 Å². The van der Waals surface area contributed by atoms with E-state index in [0.717, 1.165) is 5.56 Å². The summed E-state index contributed by atoms with van der Waals surface area (Å²) in [5.41, 5.74) is 0.870. The molecule has 4 nitrogen and oxygen atoms in total. The first-order valence-electron chi connectivity index (χ1n) is 4.75. The molecule has 0 saturated heterocycles. The van der Waals surface area contributed by atoms with Crippen molar-refractivity contribution >= 4 is 17.3 Å². The van der Waals surface area contributed by atoms with E-state index in [0.29, 0.717) is 6.54 Å². The van der Waals surface area contributed by atoms with Crippen LogP contribution in [0.5, 0.6) is 0 Å². The van der Waals surface area contributed by atoms with Gasteiger partial charge < -0.3 is 15.5 Å². The Kier molecular flexibility index (Phi) is 4.74. The SMILES string of the molecule is CC(CC(=O)O)NCC(O)c1ccsc1. The largest absolute Gasteiger partial charge is 0.481 e. The number of aliphatic carboxylic acids is 1. The van der Waals surface area contributed by atoms with E-state index in [1.54, 1.807) is 6.92 Å². The normalized spacial score (nSPS) is 14.8. The zero-order valence-corrected chi connectivity index (χ0v) is 9.33. The Morgan fingerprint density at radius 3 is 2.93 bits per heavy atom. The van der Waals surface area contributed by atoms with E-state index in [1.165, 1.54) is 11.3 Å². The minimum absolute atomic E-state index is 0.0658. The highest BCUT2D eigenvalue weighted by molar-refractivity contribution is 7.07. The lowest BCUT2D eigenvalue weighted by Crippen LogP contribution is -2.32. The molecule has 1 rings (SSSR count). The summed E-state index contributed by atoms with van der Waals surface area (Å²) in [6, 6.07) is 1.73. The van der Waals surface area contributed by atoms with Crippen LogP contribution >= 0.6 is 11.3 Å². The highest BCUT2D eigenvalue weighted by atomic mass is 32.1. The lowest BCUT2D eigenvalue weighted by Gasteiger charge is -2.14. The molecule has 1 heterocycles. The molecule has 0 spiro atoms. The van der Waals surface area contributed by atoms with E-state index in [9.17, 15) is 9.90 Å². The molecule has 3 N–H and O–H groups in total. The van der Waals surface area contributed by atoms with E-state index < -0.39 is 12.1 Å². The number of aliphatic hydroxyl groups excluding tert-OH is 1. The Morgan fingerprint density at radius 2 is 2.40 bits per heavy atom. The number of rotatable bonds is 6. The van der Waals surface area contributed by atoms with Gasteiger partial charge in [-0.1, -0.05) is 0 Å². The molecule has 1 aromatic rings. The van der Waals surface area contributed by atoms with E-state index in [1.807, 2.05) is 16.8 Å². The number of hydrogen-bond donors (Lipinski definition) is 3. The van der Waals surface area contributed by atoms with Crippen LogP contribution in [0.3, 0.4) is 0 Å². The molecule has 0 radical (unpaired) electrons. The second-order valence-electron chi connectivity index (χ2n) is 3.48. The molecule has 2 atom stereocenters. The number of nitrogens with one attached hydrogen (secondary N) is 1. The van der Waals surface area contributed by atoms with Crippen LogP contribution in [0.15, 0.2) is 16.8 Å². The van der Waals surface area contributed by atoms with Crippen molar-refractivity contribution in [1.82, 2.24) is 5.32 Å². The van der Waals surface area contributed by atoms with Gasteiger partial charge in [-0.05, 0) is 29.3 Å². The van der Waals surface area contributed by atoms with Gasteiger partial charge in [-0.2, -0.15) is 11.3 Å². The van der Waals surface area contributed by atoms with Crippen molar-refractivity contribution in [3.63, 3.8) is 0 Å². The predicted octanol–water partition coefficient (Wildman–Crippen LogP) is 1.23. The molecule has 0 fully saturated rings. The lowest BCUT2D eigenvalue weighted by atomic mass is 10.2. The van der Waals surface area contributed by atoms with Gasteiger partial charge in [-0.3, -0.25) is 4.79 Å². The first-order chi connectivity index (χ1) is 7.09. The van der Waals surface area contributed by atoms with Crippen molar-refractivity contribution in [2.75, 3.05) is 6.54 Å². The maximum Gasteiger partial charge on any atom is 0.304 e. The first-order valence-corrected chi connectivity index (χ1v) is 5.69. The minimum Gasteiger partial charge on any atom is -0.481 e. The standard InChI is InChI=1S/C10H15NO3S/c1-7(4-10(13)14)11-5-9(12)8-2-3-15-6-8/h2-3,6-7,9,11-12H,4-5H2,1H3,(H,13,14). The molecular weight excluding hydrogens is 214 g/mol. The molecule has 0 amide bonds. The Morgan fingerprint density at radius 1 is 1.67 bits per heavy atom. The summed E-state index contributed by atoms with van der Waals surface area (Å²) in [4.78, 5) is 10.4. The number of carboxylic acid groups (broad SMARTS) is 1. The van der Waals surface area contributed by atoms with Crippen LogP contribution in [-0.2, 0) is 4.79 Å². The molecule has 15 heavy (non-hydrogen) atoms. The molecule has 0 aliphatic heterocycles. The summed E-state index contributed by atoms with van der Waals surface area (Å²) in [5, 5.41) is 25.0. The smallest absolute Gasteiger partial charge is 0.304 e. The number of hydrogen-bond acceptors (Lipinski definition) is 4. The van der Waals surface area contributed by atoms with E-state index >= 15 is 0 Å². The van der Waals surface area contributed by atoms with Gasteiger partial charge in [0.25, 0.3) is 0 Å². The molecule has 0 aliphatic carbocycles. The fourth-order valence-corrected chi connectivity index (χ4v) is 1.94. The van der Waals surface area contributed by atoms with Crippen molar-refractivity contribution < 1.29 is 15.0 Å². The molecule has 84 valence electrons. The Balaban J connectivity index is 2.28. The second kappa shape index (κ2) is 5.85. The monoisotopic (exact) mass is 229 g/mol. The number of carboxylic acids is 1. The first kappa shape index (κ1) is 12.2. The molecule has 5 heteroatoms. The minimum atomic E-state index is -0.833. The van der Waals surface area contributed by atoms with Gasteiger partial charge in [0, 0.05) is 12.6 Å². The van der Waals surface area contributed by atoms with E-state index in [-0.39, 0.29) is 12.5 Å². The van der Waals surface area contributed by atoms with Crippen molar-refractivity contribution in [3.8, 4) is 0 Å². The average Bonchev–Trinajstić information content (AvgIpc) is 2.65. The van der Waals surface area contributed by atoms with Crippen LogP contribution in [0.25, 0.3) is 0 Å². The molecule has 1 aromatic heterocycles. The van der Waals surface area contributed by atoms with Crippen LogP contribution in [0, 0.1) is 0 Å². The molecule has 0 saturated carbocycles. The highest BCUT2D eigenvalue weighted by Crippen LogP contribution is 2.15. The maximum absolute atomic E-state index is 10.4. The second-order valence-corrected chi connectivity index (χ2v) is 4.26. The summed E-state index contributed by atoms with van der Waals surface area (Å²) in [6.45, 7) is 2.17. The van der Waals surface area contributed by atoms with Gasteiger partial charge in [0.1, 0.15) is 0 Å². The summed E-state index contributed by atoms with van der Waals surface area (Å²) in [5.74, 6) is -0.833. The fourth-order valence-electron chi connectivity index (χ4n) is 1.23. The summed E-state index contributed by atoms with van der Waals surface area (Å²) < 4.78 is 0. The quantitative estimate of drug-likeness (QED) is 0.686. The number of aliphatic hydroxyl groups is 1. The third kappa shape index (κ3) is 4.42. The molecule has 2 unspecified atom stereocenters. The van der Waals surface area contributed by atoms with Crippen molar-refractivity contribution in [1.29, 1.82) is 0 Å². The molecule has 0 aromatic carbocycles. The Labute approximate surface area is 92.6 Å². The van der Waals surface area contributed by atoms with Gasteiger partial charge in [-0.15, -0.1) is 0 Å². The van der Waals surface area contributed by atoms with Gasteiger partial charge in [0.2, 0.25) is 0 Å². The van der Waals surface area contributed by atoms with E-state index in [4.69, 9.17) is 5.11 Å². The van der Waals surface area contributed by atoms with Gasteiger partial charge >= 0.3 is 5.97 Å². The Hall–Kier alpha value is -0.910. The van der Waals surface area contributed by atoms with Crippen LogP contribution in [0.4, 0.5) is 0 Å². The van der Waals surface area contributed by atoms with Crippen molar-refractivity contribution in [2.24, 2.45) is 0 Å². The fraction of sp³-hybridized carbons (Fsp3) is 0.500. The molecule has 0 bridgehead atoms. The summed E-state index contributed by atoms with van der Waals surface area (Å²) in [7, 11) is 0. The zero-order chi connectivity index (χ0) is 11.3. The predicted molar refractivity (Wildman–Crippen MR) is 59.0 cm³/mol. The van der Waals surface area contributed by atoms with Crippen LogP contribution < -0.4 is 5.32 Å². The van der Waals surface area contributed by atoms with Crippen molar-refractivity contribution in [2.45, 2.75) is 25.5 Å². The summed E-state index contributed by atoms with van der Waals surface area (Å²) >= 11 is 1.53. The van der Waals surface area contributed by atoms with Gasteiger partial charge in [0.05, 0.1) is 12.5 Å². The summed E-state index contributed by atoms with van der Waals surface area (Å²) in [6.07, 6.45) is -0.497. The maximum atomic E-state index is 10.4. The average molecular weight is 229 g/mol. The van der Waals surface area contributed by atoms with Crippen LogP contribution in [0.2, 0.25) is 0 Å². The van der Waals surface area contributed by atoms with Crippen LogP contribution in [-0.4, -0.2) is 28.8 Å². The third-order valence-electron chi connectivity index (χ3n) is 2.07. The van der Waals surface area contributed by atoms with Crippen molar-refractivity contribution in [3.05, 3.63) is 22.4 Å². The zero-order valence-electron chi connectivity index (χ0n) is 8.51. The molecular formula is C10H15NO3S. The van der Waals surface area contributed by atoms with Crippen LogP contribution in [0.1, 0.15) is 25.0 Å². The van der Waals surface area contributed by atoms with Gasteiger partial charge in [-0.25, -0.2) is 0 Å². The lowest BCUT2D eigenvalue weighted by molar-refractivity contribution is -0.137. The molecule has 0 aliphatic rings. The topological polar surface area (TPSA) is 69.6 Å². The Bertz CT molecular complexity index is 300. The van der Waals surface area contributed by atoms with Gasteiger partial charge in [0.15, 0.2) is 0 Å². The third-order valence-corrected chi connectivity index (χ3v) is 2.77. The highest BCUT2D eigenvalue weighted by Gasteiger charge is 2.11. The number of carbonyl (C=O) groups is 1. The number of thiophene rings is 1.